The molecule has 0 spiro atoms. The van der Waals surface area contributed by atoms with Crippen LogP contribution in [0.2, 0.25) is 0 Å². The van der Waals surface area contributed by atoms with Crippen molar-refractivity contribution in [2.24, 2.45) is 0 Å². The third kappa shape index (κ3) is 5.15. The molecule has 3 heteroatoms. The Labute approximate surface area is 143 Å². The maximum Gasteiger partial charge on any atom is 0.145 e. The molecule has 2 rings (SSSR count). The van der Waals surface area contributed by atoms with Gasteiger partial charge < -0.3 is 0 Å². The highest BCUT2D eigenvalue weighted by atomic mass is 32.2. The molecule has 0 bridgehead atoms. The third-order valence-electron chi connectivity index (χ3n) is 3.43. The predicted molar refractivity (Wildman–Crippen MR) is 104 cm³/mol. The summed E-state index contributed by atoms with van der Waals surface area (Å²) in [6.45, 7) is 2.24. The molecule has 0 fully saturated rings. The molecule has 0 N–H and O–H groups in total. The minimum atomic E-state index is 0.925. The van der Waals surface area contributed by atoms with Crippen molar-refractivity contribution in [3.8, 4) is 0 Å². The monoisotopic (exact) mass is 329 g/mol. The van der Waals surface area contributed by atoms with E-state index in [4.69, 9.17) is 12.2 Å². The molecule has 2 aromatic carbocycles. The molecule has 0 aliphatic rings. The van der Waals surface area contributed by atoms with Gasteiger partial charge in [-0.15, -0.1) is 0 Å². The van der Waals surface area contributed by atoms with E-state index in [0.29, 0.717) is 0 Å². The summed E-state index contributed by atoms with van der Waals surface area (Å²) in [4.78, 5) is 2.17. The smallest absolute Gasteiger partial charge is 0.145 e. The van der Waals surface area contributed by atoms with Crippen molar-refractivity contribution in [2.45, 2.75) is 32.6 Å². The molecule has 0 amide bonds. The second-order valence-corrected chi connectivity index (χ2v) is 6.91. The lowest BCUT2D eigenvalue weighted by Crippen LogP contribution is -2.21. The molecule has 0 aliphatic carbocycles. The fourth-order valence-electron chi connectivity index (χ4n) is 2.27. The van der Waals surface area contributed by atoms with Crippen LogP contribution in [0.5, 0.6) is 0 Å². The molecule has 0 atom stereocenters. The Morgan fingerprint density at radius 1 is 0.864 bits per heavy atom. The van der Waals surface area contributed by atoms with Crippen molar-refractivity contribution in [1.29, 1.82) is 0 Å². The number of anilines is 2. The number of thioether (sulfide) groups is 1. The first-order valence-corrected chi connectivity index (χ1v) is 9.29. The van der Waals surface area contributed by atoms with E-state index in [0.717, 1.165) is 21.4 Å². The molecular weight excluding hydrogens is 306 g/mol. The minimum absolute atomic E-state index is 0.925. The Balaban J connectivity index is 2.07. The van der Waals surface area contributed by atoms with Crippen molar-refractivity contribution in [3.05, 3.63) is 60.7 Å². The van der Waals surface area contributed by atoms with E-state index in [-0.39, 0.29) is 0 Å². The molecule has 116 valence electrons. The van der Waals surface area contributed by atoms with Gasteiger partial charge in [0.15, 0.2) is 0 Å². The predicted octanol–water partition coefficient (Wildman–Crippen LogP) is 6.42. The summed E-state index contributed by atoms with van der Waals surface area (Å²) in [5.74, 6) is 1.09. The minimum Gasteiger partial charge on any atom is -0.296 e. The zero-order valence-electron chi connectivity index (χ0n) is 13.1. The summed E-state index contributed by atoms with van der Waals surface area (Å²) < 4.78 is 0.925. The van der Waals surface area contributed by atoms with Crippen LogP contribution in [0.3, 0.4) is 0 Å². The van der Waals surface area contributed by atoms with Crippen LogP contribution in [0.4, 0.5) is 11.4 Å². The number of hydrogen-bond donors (Lipinski definition) is 0. The third-order valence-corrected chi connectivity index (χ3v) is 4.89. The van der Waals surface area contributed by atoms with Gasteiger partial charge in [0.2, 0.25) is 0 Å². The van der Waals surface area contributed by atoms with E-state index >= 15 is 0 Å². The van der Waals surface area contributed by atoms with Gasteiger partial charge in [-0.2, -0.15) is 0 Å². The lowest BCUT2D eigenvalue weighted by molar-refractivity contribution is 0.707. The Morgan fingerprint density at radius 2 is 1.41 bits per heavy atom. The Bertz CT molecular complexity index is 515. The second-order valence-electron chi connectivity index (χ2n) is 5.18. The van der Waals surface area contributed by atoms with E-state index in [1.807, 2.05) is 12.1 Å². The summed E-state index contributed by atoms with van der Waals surface area (Å²) in [5, 5.41) is 0. The van der Waals surface area contributed by atoms with Crippen molar-refractivity contribution in [1.82, 2.24) is 0 Å². The van der Waals surface area contributed by atoms with E-state index in [2.05, 4.69) is 60.4 Å². The van der Waals surface area contributed by atoms with Gasteiger partial charge in [0.05, 0.1) is 0 Å². The molecule has 0 unspecified atom stereocenters. The number of nitrogens with zero attached hydrogens (tertiary/aromatic N) is 1. The van der Waals surface area contributed by atoms with Gasteiger partial charge >= 0.3 is 0 Å². The van der Waals surface area contributed by atoms with E-state index in [9.17, 15) is 0 Å². The maximum absolute atomic E-state index is 5.71. The number of benzene rings is 2. The molecule has 0 aromatic heterocycles. The van der Waals surface area contributed by atoms with Crippen molar-refractivity contribution >= 4 is 39.7 Å². The van der Waals surface area contributed by atoms with Gasteiger partial charge in [0, 0.05) is 17.1 Å². The highest BCUT2D eigenvalue weighted by Crippen LogP contribution is 2.29. The fourth-order valence-corrected chi connectivity index (χ4v) is 3.59. The lowest BCUT2D eigenvalue weighted by Gasteiger charge is -2.25. The molecule has 0 saturated carbocycles. The molecular formula is C19H23NS2. The quantitative estimate of drug-likeness (QED) is 0.426. The summed E-state index contributed by atoms with van der Waals surface area (Å²) >= 11 is 7.49. The Kier molecular flexibility index (Phi) is 7.47. The molecule has 0 heterocycles. The first kappa shape index (κ1) is 17.0. The van der Waals surface area contributed by atoms with E-state index in [1.165, 1.54) is 25.7 Å². The summed E-state index contributed by atoms with van der Waals surface area (Å²) in [5.41, 5.74) is 2.25. The normalized spacial score (nSPS) is 10.4. The first-order chi connectivity index (χ1) is 10.8. The highest BCUT2D eigenvalue weighted by molar-refractivity contribution is 8.23. The summed E-state index contributed by atoms with van der Waals surface area (Å²) in [6, 6.07) is 20.7. The highest BCUT2D eigenvalue weighted by Gasteiger charge is 2.14. The van der Waals surface area contributed by atoms with Crippen LogP contribution in [0.25, 0.3) is 0 Å². The van der Waals surface area contributed by atoms with Crippen LogP contribution in [0.1, 0.15) is 32.6 Å². The molecule has 0 saturated heterocycles. The fraction of sp³-hybridized carbons (Fsp3) is 0.316. The van der Waals surface area contributed by atoms with Crippen LogP contribution < -0.4 is 4.90 Å². The average molecular weight is 330 g/mol. The number of para-hydroxylation sites is 2. The van der Waals surface area contributed by atoms with Crippen LogP contribution >= 0.6 is 24.0 Å². The standard InChI is InChI=1S/C19H23NS2/c1-2-3-4-11-16-22-19(21)20(17-12-7-5-8-13-17)18-14-9-6-10-15-18/h5-10,12-15H,2-4,11,16H2,1H3. The lowest BCUT2D eigenvalue weighted by atomic mass is 10.2. The number of thiocarbonyl (C=S) groups is 1. The zero-order chi connectivity index (χ0) is 15.6. The summed E-state index contributed by atoms with van der Waals surface area (Å²) in [6.07, 6.45) is 5.11. The van der Waals surface area contributed by atoms with Crippen LogP contribution in [-0.4, -0.2) is 10.1 Å². The number of unbranched alkanes of at least 4 members (excludes halogenated alkanes) is 3. The van der Waals surface area contributed by atoms with Crippen molar-refractivity contribution in [2.75, 3.05) is 10.7 Å². The van der Waals surface area contributed by atoms with Crippen molar-refractivity contribution < 1.29 is 0 Å². The second kappa shape index (κ2) is 9.65. The van der Waals surface area contributed by atoms with Crippen LogP contribution in [0, 0.1) is 0 Å². The number of hydrogen-bond acceptors (Lipinski definition) is 2. The topological polar surface area (TPSA) is 3.24 Å². The maximum atomic E-state index is 5.71. The van der Waals surface area contributed by atoms with Crippen LogP contribution in [-0.2, 0) is 0 Å². The molecule has 22 heavy (non-hydrogen) atoms. The van der Waals surface area contributed by atoms with Crippen LogP contribution in [0.15, 0.2) is 60.7 Å². The van der Waals surface area contributed by atoms with E-state index < -0.39 is 0 Å². The first-order valence-electron chi connectivity index (χ1n) is 7.90. The van der Waals surface area contributed by atoms with Gasteiger partial charge in [-0.3, -0.25) is 4.90 Å². The Hall–Kier alpha value is -1.32. The van der Waals surface area contributed by atoms with Gasteiger partial charge in [-0.1, -0.05) is 86.6 Å². The van der Waals surface area contributed by atoms with Gasteiger partial charge in [0.25, 0.3) is 0 Å². The average Bonchev–Trinajstić information content (AvgIpc) is 2.57. The Morgan fingerprint density at radius 3 is 1.91 bits per heavy atom. The molecule has 0 aliphatic heterocycles. The molecule has 0 radical (unpaired) electrons. The van der Waals surface area contributed by atoms with Gasteiger partial charge in [-0.25, -0.2) is 0 Å². The van der Waals surface area contributed by atoms with Crippen molar-refractivity contribution in [3.63, 3.8) is 0 Å². The van der Waals surface area contributed by atoms with Gasteiger partial charge in [-0.05, 0) is 30.7 Å². The molecule has 1 nitrogen and oxygen atoms in total. The zero-order valence-corrected chi connectivity index (χ0v) is 14.7. The van der Waals surface area contributed by atoms with Gasteiger partial charge in [0.1, 0.15) is 4.32 Å². The van der Waals surface area contributed by atoms with E-state index in [1.54, 1.807) is 11.8 Å². The molecule has 2 aromatic rings. The number of rotatable bonds is 7. The summed E-state index contributed by atoms with van der Waals surface area (Å²) in [7, 11) is 0. The SMILES string of the molecule is CCCCCCSC(=S)N(c1ccccc1)c1ccccc1. The largest absolute Gasteiger partial charge is 0.296 e.